The highest BCUT2D eigenvalue weighted by Crippen LogP contribution is 2.38. The predicted molar refractivity (Wildman–Crippen MR) is 98.8 cm³/mol. The third kappa shape index (κ3) is 3.44. The number of hydrogen-bond acceptors (Lipinski definition) is 7. The van der Waals surface area contributed by atoms with E-state index in [1.54, 1.807) is 11.8 Å². The molecular formula is C17H20BrN5O3. The Morgan fingerprint density at radius 3 is 2.69 bits per heavy atom. The second-order valence-corrected chi connectivity index (χ2v) is 7.76. The molecular weight excluding hydrogens is 402 g/mol. The third-order valence-corrected chi connectivity index (χ3v) is 4.44. The van der Waals surface area contributed by atoms with Gasteiger partial charge >= 0.3 is 5.97 Å². The van der Waals surface area contributed by atoms with Crippen molar-refractivity contribution < 1.29 is 14.3 Å². The molecule has 0 saturated heterocycles. The highest BCUT2D eigenvalue weighted by atomic mass is 79.9. The molecule has 1 N–H and O–H groups in total. The summed E-state index contributed by atoms with van der Waals surface area (Å²) >= 11 is 3.49. The first-order valence-corrected chi connectivity index (χ1v) is 8.83. The second-order valence-electron chi connectivity index (χ2n) is 6.91. The Morgan fingerprint density at radius 1 is 1.35 bits per heavy atom. The van der Waals surface area contributed by atoms with E-state index in [-0.39, 0.29) is 0 Å². The first-order valence-electron chi connectivity index (χ1n) is 8.03. The first kappa shape index (κ1) is 18.4. The summed E-state index contributed by atoms with van der Waals surface area (Å²) in [5.74, 6) is 0.742. The van der Waals surface area contributed by atoms with E-state index < -0.39 is 17.6 Å². The number of carbonyl (C=O) groups excluding carboxylic acids is 1. The number of tetrazole rings is 1. The fourth-order valence-electron chi connectivity index (χ4n) is 2.77. The minimum atomic E-state index is -0.615. The van der Waals surface area contributed by atoms with Crippen molar-refractivity contribution in [3.63, 3.8) is 0 Å². The number of esters is 1. The van der Waals surface area contributed by atoms with Crippen LogP contribution in [0.15, 0.2) is 33.9 Å². The Bertz CT molecular complexity index is 885. The van der Waals surface area contributed by atoms with E-state index in [4.69, 9.17) is 9.47 Å². The van der Waals surface area contributed by atoms with E-state index in [1.165, 1.54) is 0 Å². The Hall–Kier alpha value is -2.42. The number of halogens is 1. The Morgan fingerprint density at radius 2 is 2.08 bits per heavy atom. The number of ether oxygens (including phenoxy) is 2. The highest BCUT2D eigenvalue weighted by Gasteiger charge is 2.36. The Balaban J connectivity index is 2.12. The average molecular weight is 422 g/mol. The molecule has 1 aliphatic heterocycles. The summed E-state index contributed by atoms with van der Waals surface area (Å²) < 4.78 is 13.2. The maximum atomic E-state index is 12.9. The molecule has 2 heterocycles. The zero-order valence-electron chi connectivity index (χ0n) is 15.2. The predicted octanol–water partition coefficient (Wildman–Crippen LogP) is 3.07. The molecule has 2 aromatic rings. The van der Waals surface area contributed by atoms with Gasteiger partial charge in [0.15, 0.2) is 0 Å². The van der Waals surface area contributed by atoms with E-state index in [1.807, 2.05) is 45.9 Å². The second kappa shape index (κ2) is 6.71. The number of rotatable bonds is 3. The molecule has 138 valence electrons. The molecule has 3 rings (SSSR count). The van der Waals surface area contributed by atoms with Crippen molar-refractivity contribution >= 4 is 27.8 Å². The van der Waals surface area contributed by atoms with Crippen LogP contribution in [0.2, 0.25) is 0 Å². The quantitative estimate of drug-likeness (QED) is 0.761. The normalized spacial score (nSPS) is 16.8. The molecule has 0 bridgehead atoms. The van der Waals surface area contributed by atoms with E-state index in [2.05, 4.69) is 36.8 Å². The fraction of sp³-hybridized carbons (Fsp3) is 0.412. The molecule has 0 radical (unpaired) electrons. The maximum Gasteiger partial charge on any atom is 0.338 e. The lowest BCUT2D eigenvalue weighted by Crippen LogP contribution is -2.33. The van der Waals surface area contributed by atoms with Gasteiger partial charge in [-0.25, -0.2) is 4.79 Å². The van der Waals surface area contributed by atoms with Crippen LogP contribution in [0, 0.1) is 0 Å². The zero-order valence-corrected chi connectivity index (χ0v) is 16.8. The minimum absolute atomic E-state index is 0.416. The Labute approximate surface area is 159 Å². The molecule has 0 amide bonds. The van der Waals surface area contributed by atoms with Crippen LogP contribution in [-0.4, -0.2) is 38.9 Å². The van der Waals surface area contributed by atoms with E-state index in [9.17, 15) is 4.79 Å². The molecule has 0 unspecified atom stereocenters. The van der Waals surface area contributed by atoms with Crippen LogP contribution in [0.25, 0.3) is 0 Å². The van der Waals surface area contributed by atoms with Crippen molar-refractivity contribution in [1.29, 1.82) is 0 Å². The number of nitrogens with one attached hydrogen (secondary N) is 1. The van der Waals surface area contributed by atoms with Gasteiger partial charge < -0.3 is 14.8 Å². The van der Waals surface area contributed by atoms with Crippen molar-refractivity contribution in [2.45, 2.75) is 39.3 Å². The smallest absolute Gasteiger partial charge is 0.338 e. The van der Waals surface area contributed by atoms with Crippen molar-refractivity contribution in [3.05, 3.63) is 39.5 Å². The lowest BCUT2D eigenvalue weighted by Gasteiger charge is -2.29. The van der Waals surface area contributed by atoms with Gasteiger partial charge in [0, 0.05) is 5.70 Å². The third-order valence-electron chi connectivity index (χ3n) is 3.82. The average Bonchev–Trinajstić information content (AvgIpc) is 2.99. The van der Waals surface area contributed by atoms with Gasteiger partial charge in [0.1, 0.15) is 17.4 Å². The summed E-state index contributed by atoms with van der Waals surface area (Å²) in [6, 6.07) is 5.08. The summed E-state index contributed by atoms with van der Waals surface area (Å²) in [7, 11) is 1.60. The van der Waals surface area contributed by atoms with Gasteiger partial charge in [-0.05, 0) is 71.7 Å². The summed E-state index contributed by atoms with van der Waals surface area (Å²) in [6.07, 6.45) is 0. The number of aromatic nitrogens is 4. The van der Waals surface area contributed by atoms with Crippen LogP contribution in [0.3, 0.4) is 0 Å². The molecule has 1 aromatic heterocycles. The SMILES string of the molecule is COc1ccc([C@@H]2C(C(=O)OC(C)(C)C)=C(C)Nc3nnnn32)cc1Br. The standard InChI is InChI=1S/C17H20BrN5O3/c1-9-13(15(24)26-17(2,3)4)14(23-16(19-9)20-21-22-23)10-6-7-12(25-5)11(18)8-10/h6-8,14H,1-5H3,(H,19,20,22)/t14-/m1/s1. The lowest BCUT2D eigenvalue weighted by molar-refractivity contribution is -0.150. The monoisotopic (exact) mass is 421 g/mol. The molecule has 0 fully saturated rings. The number of hydrogen-bond donors (Lipinski definition) is 1. The number of allylic oxidation sites excluding steroid dienone is 1. The van der Waals surface area contributed by atoms with Crippen molar-refractivity contribution in [2.75, 3.05) is 12.4 Å². The number of anilines is 1. The number of carbonyl (C=O) groups is 1. The Kier molecular flexibility index (Phi) is 4.74. The van der Waals surface area contributed by atoms with Crippen LogP contribution in [-0.2, 0) is 9.53 Å². The number of methoxy groups -OCH3 is 1. The highest BCUT2D eigenvalue weighted by molar-refractivity contribution is 9.10. The van der Waals surface area contributed by atoms with Crippen LogP contribution >= 0.6 is 15.9 Å². The summed E-state index contributed by atoms with van der Waals surface area (Å²) in [5.41, 5.74) is 1.32. The van der Waals surface area contributed by atoms with Gasteiger partial charge in [-0.2, -0.15) is 4.68 Å². The molecule has 0 saturated carbocycles. The van der Waals surface area contributed by atoms with Gasteiger partial charge in [-0.15, -0.1) is 0 Å². The van der Waals surface area contributed by atoms with Crippen molar-refractivity contribution in [3.8, 4) is 5.75 Å². The maximum absolute atomic E-state index is 12.9. The number of benzene rings is 1. The van der Waals surface area contributed by atoms with Gasteiger partial charge in [-0.1, -0.05) is 11.2 Å². The molecule has 8 nitrogen and oxygen atoms in total. The van der Waals surface area contributed by atoms with Crippen LogP contribution < -0.4 is 10.1 Å². The summed E-state index contributed by atoms with van der Waals surface area (Å²) in [4.78, 5) is 12.9. The fourth-order valence-corrected chi connectivity index (χ4v) is 3.33. The van der Waals surface area contributed by atoms with Gasteiger partial charge in [0.25, 0.3) is 0 Å². The first-order chi connectivity index (χ1) is 12.2. The number of fused-ring (bicyclic) bond motifs is 1. The molecule has 26 heavy (non-hydrogen) atoms. The van der Waals surface area contributed by atoms with Crippen LogP contribution in [0.5, 0.6) is 5.75 Å². The summed E-state index contributed by atoms with van der Waals surface area (Å²) in [6.45, 7) is 7.30. The van der Waals surface area contributed by atoms with E-state index >= 15 is 0 Å². The summed E-state index contributed by atoms with van der Waals surface area (Å²) in [5, 5.41) is 14.8. The minimum Gasteiger partial charge on any atom is -0.496 e. The van der Waals surface area contributed by atoms with E-state index in [0.29, 0.717) is 23.0 Å². The molecule has 0 spiro atoms. The van der Waals surface area contributed by atoms with Gasteiger partial charge in [0.05, 0.1) is 17.2 Å². The van der Waals surface area contributed by atoms with Gasteiger partial charge in [0.2, 0.25) is 5.95 Å². The van der Waals surface area contributed by atoms with Crippen LogP contribution in [0.4, 0.5) is 5.95 Å². The molecule has 1 aromatic carbocycles. The van der Waals surface area contributed by atoms with Crippen LogP contribution in [0.1, 0.15) is 39.3 Å². The molecule has 1 atom stereocenters. The topological polar surface area (TPSA) is 91.2 Å². The van der Waals surface area contributed by atoms with Gasteiger partial charge in [-0.3, -0.25) is 0 Å². The zero-order chi connectivity index (χ0) is 19.1. The van der Waals surface area contributed by atoms with Crippen molar-refractivity contribution in [1.82, 2.24) is 20.2 Å². The number of nitrogens with zero attached hydrogens (tertiary/aromatic N) is 4. The molecule has 0 aliphatic carbocycles. The molecule has 1 aliphatic rings. The van der Waals surface area contributed by atoms with E-state index in [0.717, 1.165) is 10.0 Å². The lowest BCUT2D eigenvalue weighted by atomic mass is 9.95. The largest absolute Gasteiger partial charge is 0.496 e. The molecule has 9 heteroatoms. The van der Waals surface area contributed by atoms with Crippen molar-refractivity contribution in [2.24, 2.45) is 0 Å².